The predicted molar refractivity (Wildman–Crippen MR) is 125 cm³/mol. The molecule has 9 nitrogen and oxygen atoms in total. The molecular weight excluding hydrogens is 529 g/mol. The van der Waals surface area contributed by atoms with Crippen LogP contribution in [0.25, 0.3) is 22.3 Å². The Morgan fingerprint density at radius 3 is 2.56 bits per heavy atom. The molecule has 3 rings (SSSR count). The molecule has 0 aliphatic heterocycles. The fraction of sp³-hybridized carbons (Fsp3) is 0.273. The lowest BCUT2D eigenvalue weighted by Gasteiger charge is -2.19. The minimum Gasteiger partial charge on any atom is -0.491 e. The third-order valence-corrected chi connectivity index (χ3v) is 6.37. The van der Waals surface area contributed by atoms with Crippen LogP contribution >= 0.6 is 11.6 Å². The molecule has 0 fully saturated rings. The minimum absolute atomic E-state index is 0.00537. The maximum Gasteiger partial charge on any atom is 0.416 e. The average molecular weight is 549 g/mol. The number of rotatable bonds is 9. The summed E-state index contributed by atoms with van der Waals surface area (Å²) >= 11 is 6.12. The van der Waals surface area contributed by atoms with E-state index in [0.717, 1.165) is 25.3 Å². The number of alkyl halides is 3. The molecule has 0 spiro atoms. The number of carbonyl (C=O) groups excluding carboxylic acids is 1. The van der Waals surface area contributed by atoms with Crippen LogP contribution in [0.3, 0.4) is 0 Å². The number of para-hydroxylation sites is 1. The van der Waals surface area contributed by atoms with Gasteiger partial charge in [0.1, 0.15) is 18.1 Å². The van der Waals surface area contributed by atoms with Crippen LogP contribution in [0, 0.1) is 0 Å². The van der Waals surface area contributed by atoms with Gasteiger partial charge in [-0.1, -0.05) is 24.6 Å². The van der Waals surface area contributed by atoms with Gasteiger partial charge >= 0.3 is 12.1 Å². The van der Waals surface area contributed by atoms with Crippen LogP contribution in [0.1, 0.15) is 12.5 Å². The molecule has 194 valence electrons. The monoisotopic (exact) mass is 548 g/mol. The average Bonchev–Trinajstić information content (AvgIpc) is 2.81. The molecule has 0 bridgehead atoms. The molecular formula is C22H20ClF3N2O7S. The van der Waals surface area contributed by atoms with E-state index in [-0.39, 0.29) is 33.9 Å². The highest BCUT2D eigenvalue weighted by Gasteiger charge is 2.32. The van der Waals surface area contributed by atoms with E-state index >= 15 is 0 Å². The Labute approximate surface area is 208 Å². The molecule has 1 heterocycles. The zero-order valence-electron chi connectivity index (χ0n) is 18.8. The van der Waals surface area contributed by atoms with E-state index in [1.807, 2.05) is 4.72 Å². The fourth-order valence-corrected chi connectivity index (χ4v) is 4.40. The van der Waals surface area contributed by atoms with Crippen molar-refractivity contribution >= 4 is 38.7 Å². The van der Waals surface area contributed by atoms with E-state index in [1.54, 1.807) is 0 Å². The maximum atomic E-state index is 13.4. The molecule has 0 saturated carbocycles. The number of nitrogens with one attached hydrogen (secondary N) is 2. The molecule has 1 atom stereocenters. The molecule has 0 aliphatic rings. The summed E-state index contributed by atoms with van der Waals surface area (Å²) in [7, 11) is -3.15. The van der Waals surface area contributed by atoms with E-state index in [2.05, 4.69) is 9.46 Å². The number of esters is 1. The number of halogens is 4. The lowest BCUT2D eigenvalue weighted by molar-refractivity contribution is -0.143. The number of fused-ring (bicyclic) bond motifs is 1. The molecule has 0 aliphatic carbocycles. The SMILES string of the molecule is CCNS(=O)(=O)NC(COc1cc(C(F)(F)F)ccc1-c1cc(=O)c2cccc(Cl)c2o1)C(=O)OC. The number of carbonyl (C=O) groups is 1. The van der Waals surface area contributed by atoms with Crippen LogP contribution in [0.5, 0.6) is 5.75 Å². The Balaban J connectivity index is 2.07. The van der Waals surface area contributed by atoms with Crippen molar-refractivity contribution in [2.24, 2.45) is 0 Å². The first kappa shape index (κ1) is 27.5. The van der Waals surface area contributed by atoms with Gasteiger partial charge in [-0.05, 0) is 30.3 Å². The van der Waals surface area contributed by atoms with Crippen LogP contribution in [-0.4, -0.2) is 40.7 Å². The molecule has 1 aromatic heterocycles. The Morgan fingerprint density at radius 2 is 1.92 bits per heavy atom. The van der Waals surface area contributed by atoms with E-state index < -0.39 is 51.7 Å². The standard InChI is InChI=1S/C22H20ClF3N2O7S/c1-3-27-36(31,32)28-16(21(30)33-2)11-34-18-9-12(22(24,25)26)7-8-14(18)19-10-17(29)13-5-4-6-15(23)20(13)35-19/h4-10,16,27-28H,3,11H2,1-2H3. The van der Waals surface area contributed by atoms with Gasteiger partial charge in [-0.2, -0.15) is 26.3 Å². The minimum atomic E-state index is -4.75. The van der Waals surface area contributed by atoms with Crippen LogP contribution in [0.4, 0.5) is 13.2 Å². The van der Waals surface area contributed by atoms with Gasteiger partial charge in [0.25, 0.3) is 10.2 Å². The molecule has 14 heteroatoms. The number of hydrogen-bond donors (Lipinski definition) is 2. The highest BCUT2D eigenvalue weighted by Crippen LogP contribution is 2.38. The second kappa shape index (κ2) is 10.9. The lowest BCUT2D eigenvalue weighted by Crippen LogP contribution is -2.49. The molecule has 0 radical (unpaired) electrons. The summed E-state index contributed by atoms with van der Waals surface area (Å²) in [5, 5.41) is 0.258. The van der Waals surface area contributed by atoms with Crippen LogP contribution in [0.15, 0.2) is 51.7 Å². The molecule has 3 aromatic rings. The molecule has 0 amide bonds. The first-order chi connectivity index (χ1) is 16.9. The first-order valence-corrected chi connectivity index (χ1v) is 12.1. The fourth-order valence-electron chi connectivity index (χ4n) is 3.18. The summed E-state index contributed by atoms with van der Waals surface area (Å²) in [5.74, 6) is -1.64. The van der Waals surface area contributed by atoms with Gasteiger partial charge in [-0.15, -0.1) is 0 Å². The van der Waals surface area contributed by atoms with Gasteiger partial charge in [-0.3, -0.25) is 9.59 Å². The van der Waals surface area contributed by atoms with Crippen molar-refractivity contribution in [1.29, 1.82) is 0 Å². The van der Waals surface area contributed by atoms with E-state index in [1.165, 1.54) is 25.1 Å². The molecule has 1 unspecified atom stereocenters. The zero-order valence-corrected chi connectivity index (χ0v) is 20.4. The predicted octanol–water partition coefficient (Wildman–Crippen LogP) is 3.50. The second-order valence-electron chi connectivity index (χ2n) is 7.31. The molecule has 2 aromatic carbocycles. The van der Waals surface area contributed by atoms with E-state index in [0.29, 0.717) is 6.07 Å². The summed E-state index contributed by atoms with van der Waals surface area (Å²) in [5.41, 5.74) is -1.66. The molecule has 36 heavy (non-hydrogen) atoms. The normalized spacial score (nSPS) is 12.9. The maximum absolute atomic E-state index is 13.4. The third-order valence-electron chi connectivity index (χ3n) is 4.80. The Hall–Kier alpha value is -3.13. The Morgan fingerprint density at radius 1 is 1.19 bits per heavy atom. The van der Waals surface area contributed by atoms with Crippen LogP contribution in [0.2, 0.25) is 5.02 Å². The van der Waals surface area contributed by atoms with Crippen molar-refractivity contribution in [1.82, 2.24) is 9.44 Å². The van der Waals surface area contributed by atoms with Crippen molar-refractivity contribution in [3.63, 3.8) is 0 Å². The summed E-state index contributed by atoms with van der Waals surface area (Å²) in [6, 6.07) is 6.34. The van der Waals surface area contributed by atoms with Gasteiger partial charge in [-0.25, -0.2) is 4.72 Å². The van der Waals surface area contributed by atoms with Crippen LogP contribution < -0.4 is 19.6 Å². The van der Waals surface area contributed by atoms with Gasteiger partial charge in [0.15, 0.2) is 17.1 Å². The first-order valence-electron chi connectivity index (χ1n) is 10.3. The van der Waals surface area contributed by atoms with Crippen LogP contribution in [-0.2, 0) is 25.9 Å². The molecule has 2 N–H and O–H groups in total. The van der Waals surface area contributed by atoms with Crippen molar-refractivity contribution in [3.8, 4) is 17.1 Å². The Kier molecular flexibility index (Phi) is 8.29. The largest absolute Gasteiger partial charge is 0.491 e. The van der Waals surface area contributed by atoms with Gasteiger partial charge in [0.2, 0.25) is 0 Å². The molecule has 0 saturated heterocycles. The number of benzene rings is 2. The van der Waals surface area contributed by atoms with E-state index in [9.17, 15) is 31.2 Å². The third kappa shape index (κ3) is 6.35. The topological polar surface area (TPSA) is 124 Å². The number of methoxy groups -OCH3 is 1. The van der Waals surface area contributed by atoms with Gasteiger partial charge < -0.3 is 13.9 Å². The Bertz CT molecular complexity index is 1440. The van der Waals surface area contributed by atoms with Gasteiger partial charge in [0, 0.05) is 12.6 Å². The number of hydrogen-bond acceptors (Lipinski definition) is 7. The zero-order chi connectivity index (χ0) is 26.7. The van der Waals surface area contributed by atoms with Gasteiger partial charge in [0.05, 0.1) is 28.6 Å². The van der Waals surface area contributed by atoms with Crippen molar-refractivity contribution in [2.75, 3.05) is 20.3 Å². The summed E-state index contributed by atoms with van der Waals surface area (Å²) < 4.78 is 84.1. The summed E-state index contributed by atoms with van der Waals surface area (Å²) in [6.07, 6.45) is -4.75. The second-order valence-corrected chi connectivity index (χ2v) is 9.24. The van der Waals surface area contributed by atoms with E-state index in [4.69, 9.17) is 20.8 Å². The van der Waals surface area contributed by atoms with Crippen molar-refractivity contribution in [2.45, 2.75) is 19.1 Å². The van der Waals surface area contributed by atoms with Crippen molar-refractivity contribution in [3.05, 3.63) is 63.3 Å². The lowest BCUT2D eigenvalue weighted by atomic mass is 10.1. The van der Waals surface area contributed by atoms with Crippen molar-refractivity contribution < 1.29 is 40.3 Å². The highest BCUT2D eigenvalue weighted by atomic mass is 35.5. The smallest absolute Gasteiger partial charge is 0.416 e. The highest BCUT2D eigenvalue weighted by molar-refractivity contribution is 7.87. The quantitative estimate of drug-likeness (QED) is 0.392. The number of ether oxygens (including phenoxy) is 2. The summed E-state index contributed by atoms with van der Waals surface area (Å²) in [4.78, 5) is 24.7. The summed E-state index contributed by atoms with van der Waals surface area (Å²) in [6.45, 7) is 0.761.